The Hall–Kier alpha value is -3.11. The number of benzene rings is 2. The molecule has 0 aliphatic carbocycles. The van der Waals surface area contributed by atoms with Gasteiger partial charge in [-0.1, -0.05) is 62.1 Å². The number of rotatable bonds is 9. The Morgan fingerprint density at radius 1 is 1.05 bits per heavy atom. The molecule has 1 saturated heterocycles. The number of aromatic nitrogens is 2. The van der Waals surface area contributed by atoms with Gasteiger partial charge in [0.25, 0.3) is 0 Å². The van der Waals surface area contributed by atoms with Crippen LogP contribution in [-0.2, 0) is 29.0 Å². The Morgan fingerprint density at radius 2 is 1.77 bits per heavy atom. The van der Waals surface area contributed by atoms with Crippen molar-refractivity contribution in [1.29, 1.82) is 0 Å². The first-order chi connectivity index (χ1) is 18.5. The maximum absolute atomic E-state index is 13.3. The average molecular weight is 560 g/mol. The van der Waals surface area contributed by atoms with Gasteiger partial charge in [-0.2, -0.15) is 13.2 Å². The van der Waals surface area contributed by atoms with E-state index in [9.17, 15) is 18.0 Å². The molecule has 0 unspecified atom stereocenters. The van der Waals surface area contributed by atoms with E-state index in [-0.39, 0.29) is 25.3 Å². The van der Waals surface area contributed by atoms with Gasteiger partial charge in [-0.3, -0.25) is 0 Å². The maximum atomic E-state index is 13.3. The largest absolute Gasteiger partial charge is 0.445 e. The summed E-state index contributed by atoms with van der Waals surface area (Å²) in [5.41, 5.74) is 1.12. The number of nitrogens with zero attached hydrogens (tertiary/aromatic N) is 3. The quantitative estimate of drug-likeness (QED) is 0.203. The Labute approximate surface area is 228 Å². The first-order valence-electron chi connectivity index (χ1n) is 13.3. The monoisotopic (exact) mass is 559 g/mol. The molecular formula is C29H36F3N3O3Si. The molecule has 0 radical (unpaired) electrons. The molecule has 3 aromatic rings. The highest BCUT2D eigenvalue weighted by Gasteiger charge is 2.31. The number of carbonyl (C=O) groups excluding carboxylic acids is 1. The van der Waals surface area contributed by atoms with Crippen LogP contribution in [0.2, 0.25) is 25.7 Å². The summed E-state index contributed by atoms with van der Waals surface area (Å²) in [6.45, 7) is 9.00. The fourth-order valence-electron chi connectivity index (χ4n) is 4.53. The molecule has 1 aliphatic rings. The van der Waals surface area contributed by atoms with Gasteiger partial charge < -0.3 is 18.9 Å². The van der Waals surface area contributed by atoms with E-state index >= 15 is 0 Å². The van der Waals surface area contributed by atoms with Gasteiger partial charge in [0.05, 0.1) is 11.3 Å². The lowest BCUT2D eigenvalue weighted by Crippen LogP contribution is -2.38. The van der Waals surface area contributed by atoms with E-state index in [2.05, 4.69) is 19.6 Å². The van der Waals surface area contributed by atoms with Gasteiger partial charge in [-0.15, -0.1) is 0 Å². The van der Waals surface area contributed by atoms with E-state index in [1.54, 1.807) is 17.2 Å². The van der Waals surface area contributed by atoms with E-state index in [4.69, 9.17) is 14.5 Å². The van der Waals surface area contributed by atoms with Crippen LogP contribution >= 0.6 is 0 Å². The second kappa shape index (κ2) is 12.4. The molecule has 0 saturated carbocycles. The van der Waals surface area contributed by atoms with Crippen LogP contribution in [0.5, 0.6) is 0 Å². The van der Waals surface area contributed by atoms with Crippen molar-refractivity contribution in [3.05, 3.63) is 77.7 Å². The number of hydrogen-bond donors (Lipinski definition) is 0. The minimum absolute atomic E-state index is 0.0447. The average Bonchev–Trinajstić information content (AvgIpc) is 3.34. The minimum atomic E-state index is -4.43. The van der Waals surface area contributed by atoms with Crippen molar-refractivity contribution in [2.45, 2.75) is 64.0 Å². The van der Waals surface area contributed by atoms with Crippen LogP contribution in [-0.4, -0.2) is 48.3 Å². The number of carbonyl (C=O) groups is 1. The van der Waals surface area contributed by atoms with Crippen molar-refractivity contribution in [2.24, 2.45) is 0 Å². The Balaban J connectivity index is 1.46. The number of ether oxygens (including phenoxy) is 2. The van der Waals surface area contributed by atoms with Crippen LogP contribution < -0.4 is 0 Å². The fourth-order valence-corrected chi connectivity index (χ4v) is 5.28. The third-order valence-electron chi connectivity index (χ3n) is 6.84. The summed E-state index contributed by atoms with van der Waals surface area (Å²) in [5.74, 6) is 0.816. The second-order valence-electron chi connectivity index (χ2n) is 11.2. The highest BCUT2D eigenvalue weighted by atomic mass is 28.3. The molecule has 1 amide bonds. The summed E-state index contributed by atoms with van der Waals surface area (Å²) in [6.07, 6.45) is -1.65. The predicted molar refractivity (Wildman–Crippen MR) is 147 cm³/mol. The molecule has 1 aromatic heterocycles. The Morgan fingerprint density at radius 3 is 2.44 bits per heavy atom. The third-order valence-corrected chi connectivity index (χ3v) is 8.55. The van der Waals surface area contributed by atoms with Crippen molar-refractivity contribution in [2.75, 3.05) is 19.7 Å². The zero-order valence-electron chi connectivity index (χ0n) is 22.7. The first kappa shape index (κ1) is 28.9. The van der Waals surface area contributed by atoms with Gasteiger partial charge in [-0.25, -0.2) is 9.78 Å². The van der Waals surface area contributed by atoms with Gasteiger partial charge in [0.1, 0.15) is 19.2 Å². The zero-order valence-corrected chi connectivity index (χ0v) is 23.7. The van der Waals surface area contributed by atoms with Gasteiger partial charge in [-0.05, 0) is 36.6 Å². The van der Waals surface area contributed by atoms with Crippen LogP contribution in [0.3, 0.4) is 0 Å². The van der Waals surface area contributed by atoms with Crippen LogP contribution in [0.4, 0.5) is 18.0 Å². The molecule has 210 valence electrons. The molecule has 4 rings (SSSR count). The van der Waals surface area contributed by atoms with E-state index in [0.29, 0.717) is 43.8 Å². The van der Waals surface area contributed by atoms with Gasteiger partial charge in [0, 0.05) is 45.4 Å². The van der Waals surface area contributed by atoms with E-state index in [1.807, 2.05) is 34.9 Å². The first-order valence-corrected chi connectivity index (χ1v) is 17.0. The maximum Gasteiger partial charge on any atom is 0.416 e. The van der Waals surface area contributed by atoms with E-state index in [0.717, 1.165) is 29.6 Å². The number of amides is 1. The molecule has 2 aromatic carbocycles. The molecule has 1 aliphatic heterocycles. The Kier molecular flexibility index (Phi) is 9.17. The number of hydrogen-bond acceptors (Lipinski definition) is 4. The van der Waals surface area contributed by atoms with Crippen molar-refractivity contribution >= 4 is 14.2 Å². The van der Waals surface area contributed by atoms with Gasteiger partial charge >= 0.3 is 12.3 Å². The van der Waals surface area contributed by atoms with Crippen molar-refractivity contribution < 1.29 is 27.4 Å². The number of alkyl halides is 3. The smallest absolute Gasteiger partial charge is 0.416 e. The Bertz CT molecular complexity index is 1230. The van der Waals surface area contributed by atoms with Gasteiger partial charge in [0.15, 0.2) is 0 Å². The topological polar surface area (TPSA) is 56.6 Å². The number of piperidine rings is 1. The van der Waals surface area contributed by atoms with Crippen LogP contribution in [0.1, 0.15) is 35.7 Å². The minimum Gasteiger partial charge on any atom is -0.445 e. The molecule has 6 nitrogen and oxygen atoms in total. The molecule has 1 fully saturated rings. The molecule has 0 atom stereocenters. The molecule has 0 N–H and O–H groups in total. The molecule has 39 heavy (non-hydrogen) atoms. The number of likely N-dealkylation sites (tertiary alicyclic amines) is 1. The number of halogens is 3. The van der Waals surface area contributed by atoms with Gasteiger partial charge in [0.2, 0.25) is 0 Å². The highest BCUT2D eigenvalue weighted by molar-refractivity contribution is 6.76. The summed E-state index contributed by atoms with van der Waals surface area (Å²) >= 11 is 0. The second-order valence-corrected chi connectivity index (χ2v) is 16.8. The summed E-state index contributed by atoms with van der Waals surface area (Å²) in [4.78, 5) is 19.1. The summed E-state index contributed by atoms with van der Waals surface area (Å²) in [7, 11) is -1.27. The van der Waals surface area contributed by atoms with Crippen molar-refractivity contribution in [3.63, 3.8) is 0 Å². The van der Waals surface area contributed by atoms with Crippen molar-refractivity contribution in [1.82, 2.24) is 14.5 Å². The lowest BCUT2D eigenvalue weighted by Gasteiger charge is -2.31. The summed E-state index contributed by atoms with van der Waals surface area (Å²) in [6, 6.07) is 15.8. The molecule has 2 heterocycles. The summed E-state index contributed by atoms with van der Waals surface area (Å²) in [5, 5.41) is 0. The van der Waals surface area contributed by atoms with E-state index in [1.165, 1.54) is 6.07 Å². The van der Waals surface area contributed by atoms with Crippen LogP contribution in [0, 0.1) is 0 Å². The van der Waals surface area contributed by atoms with E-state index < -0.39 is 19.8 Å². The van der Waals surface area contributed by atoms with Crippen LogP contribution in [0.25, 0.3) is 11.3 Å². The SMILES string of the molecule is C[Si](C)(C)CCOCn1cc(-c2cccc(C(F)(F)F)c2)nc1C1CCN(C(=O)OCc2ccccc2)CC1. The third kappa shape index (κ3) is 8.19. The highest BCUT2D eigenvalue weighted by Crippen LogP contribution is 2.34. The number of imidazole rings is 1. The van der Waals surface area contributed by atoms with Crippen LogP contribution in [0.15, 0.2) is 60.8 Å². The molecule has 0 bridgehead atoms. The lowest BCUT2D eigenvalue weighted by atomic mass is 9.96. The fraction of sp³-hybridized carbons (Fsp3) is 0.448. The standard InChI is InChI=1S/C29H36F3N3O3Si/c1-39(2,3)17-16-37-21-35-19-26(24-10-7-11-25(18-24)29(30,31)32)33-27(35)23-12-14-34(15-13-23)28(36)38-20-22-8-5-4-6-9-22/h4-11,18-19,23H,12-17,20-21H2,1-3H3. The lowest BCUT2D eigenvalue weighted by molar-refractivity contribution is -0.137. The molecule has 0 spiro atoms. The van der Waals surface area contributed by atoms with Crippen molar-refractivity contribution in [3.8, 4) is 11.3 Å². The zero-order chi connectivity index (χ0) is 28.0. The summed E-state index contributed by atoms with van der Waals surface area (Å²) < 4.78 is 53.4. The molecular weight excluding hydrogens is 523 g/mol. The molecule has 10 heteroatoms. The normalized spacial score (nSPS) is 15.0. The predicted octanol–water partition coefficient (Wildman–Crippen LogP) is 7.40.